The van der Waals surface area contributed by atoms with Gasteiger partial charge in [0.15, 0.2) is 17.4 Å². The van der Waals surface area contributed by atoms with Crippen molar-refractivity contribution in [1.29, 1.82) is 0 Å². The van der Waals surface area contributed by atoms with Crippen molar-refractivity contribution in [2.75, 3.05) is 0 Å². The van der Waals surface area contributed by atoms with E-state index < -0.39 is 23.7 Å². The molecule has 0 N–H and O–H groups in total. The van der Waals surface area contributed by atoms with Crippen molar-refractivity contribution < 1.29 is 27.0 Å². The Labute approximate surface area is 51.7 Å². The molecule has 0 fully saturated rings. The maximum Gasteiger partial charge on any atom is 0.496 e. The van der Waals surface area contributed by atoms with Crippen molar-refractivity contribution in [2.24, 2.45) is 0 Å². The topological polar surface area (TPSA) is 52.6 Å². The fraction of sp³-hybridized carbons (Fsp3) is 1.00. The highest BCUT2D eigenvalue weighted by atomic mass is 31.1. The smallest absolute Gasteiger partial charge is 0.299 e. The van der Waals surface area contributed by atoms with E-state index in [-0.39, 0.29) is 0 Å². The molecular formula is CH4F2O4P2. The molecule has 4 nitrogen and oxygen atoms in total. The lowest BCUT2D eigenvalue weighted by Crippen LogP contribution is -2.15. The van der Waals surface area contributed by atoms with Gasteiger partial charge in [0.25, 0.3) is 0 Å². The Morgan fingerprint density at radius 3 is 1.67 bits per heavy atom. The lowest BCUT2D eigenvalue weighted by atomic mass is 11.3. The van der Waals surface area contributed by atoms with E-state index in [2.05, 4.69) is 9.05 Å². The summed E-state index contributed by atoms with van der Waals surface area (Å²) in [7, 11) is -4.09. The van der Waals surface area contributed by atoms with Crippen LogP contribution in [-0.2, 0) is 18.2 Å². The molecule has 2 unspecified atom stereocenters. The van der Waals surface area contributed by atoms with Crippen LogP contribution < -0.4 is 0 Å². The van der Waals surface area contributed by atoms with Gasteiger partial charge >= 0.3 is 6.29 Å². The zero-order chi connectivity index (χ0) is 7.33. The molecule has 9 heavy (non-hydrogen) atoms. The quantitative estimate of drug-likeness (QED) is 0.476. The summed E-state index contributed by atoms with van der Waals surface area (Å²) in [5.74, 6) is 0. The number of hydrogen-bond acceptors (Lipinski definition) is 4. The molecule has 0 saturated carbocycles. The van der Waals surface area contributed by atoms with Crippen LogP contribution in [0, 0.1) is 0 Å². The molecule has 0 amide bonds. The first-order valence-corrected chi connectivity index (χ1v) is 3.61. The first-order valence-electron chi connectivity index (χ1n) is 1.73. The van der Waals surface area contributed by atoms with Crippen LogP contribution in [0.3, 0.4) is 0 Å². The van der Waals surface area contributed by atoms with E-state index in [4.69, 9.17) is 0 Å². The predicted molar refractivity (Wildman–Crippen MR) is 27.9 cm³/mol. The van der Waals surface area contributed by atoms with Crippen molar-refractivity contribution >= 4 is 17.4 Å². The number of hydrogen-bond donors (Lipinski definition) is 0. The van der Waals surface area contributed by atoms with Crippen LogP contribution in [0.5, 0.6) is 0 Å². The summed E-state index contributed by atoms with van der Waals surface area (Å²) in [4.78, 5) is 0. The van der Waals surface area contributed by atoms with E-state index in [1.165, 1.54) is 0 Å². The van der Waals surface area contributed by atoms with Crippen LogP contribution >= 0.6 is 17.4 Å². The first-order chi connectivity index (χ1) is 4.12. The Kier molecular flexibility index (Phi) is 4.23. The summed E-state index contributed by atoms with van der Waals surface area (Å²) < 4.78 is 48.6. The highest BCUT2D eigenvalue weighted by molar-refractivity contribution is 7.18. The summed E-state index contributed by atoms with van der Waals surface area (Å²) in [5, 5.41) is 0. The van der Waals surface area contributed by atoms with Crippen molar-refractivity contribution in [3.05, 3.63) is 0 Å². The molecule has 0 radical (unpaired) electrons. The zero-order valence-electron chi connectivity index (χ0n) is 4.04. The third-order valence-corrected chi connectivity index (χ3v) is 1.11. The molecule has 8 heteroatoms. The summed E-state index contributed by atoms with van der Waals surface area (Å²) in [6.45, 7) is 0. The maximum absolute atomic E-state index is 11.6. The van der Waals surface area contributed by atoms with Crippen molar-refractivity contribution in [3.8, 4) is 0 Å². The van der Waals surface area contributed by atoms with Gasteiger partial charge in [0.05, 0.1) is 0 Å². The van der Waals surface area contributed by atoms with E-state index in [1.807, 2.05) is 0 Å². The minimum absolute atomic E-state index is 2.05. The SMILES string of the molecule is O=[PH2]OC(F)(F)O[PH2]=O. The van der Waals surface area contributed by atoms with Gasteiger partial charge in [-0.3, -0.25) is 9.13 Å². The fourth-order valence-corrected chi connectivity index (χ4v) is 0.586. The fourth-order valence-electron chi connectivity index (χ4n) is 0.140. The molecule has 0 aromatic heterocycles. The van der Waals surface area contributed by atoms with Gasteiger partial charge in [0.1, 0.15) is 0 Å². The summed E-state index contributed by atoms with van der Waals surface area (Å²) in [6.07, 6.45) is -3.95. The van der Waals surface area contributed by atoms with Crippen LogP contribution in [0.4, 0.5) is 8.78 Å². The van der Waals surface area contributed by atoms with Crippen molar-refractivity contribution in [3.63, 3.8) is 0 Å². The Bertz CT molecular complexity index is 103. The zero-order valence-corrected chi connectivity index (χ0v) is 6.35. The minimum Gasteiger partial charge on any atom is -0.299 e. The summed E-state index contributed by atoms with van der Waals surface area (Å²) in [6, 6.07) is 0. The average Bonchev–Trinajstić information content (AvgIpc) is 1.64. The second-order valence-electron chi connectivity index (χ2n) is 0.892. The molecule has 0 aromatic rings. The summed E-state index contributed by atoms with van der Waals surface area (Å²) in [5.41, 5.74) is 0. The molecule has 0 rings (SSSR count). The second kappa shape index (κ2) is 4.12. The molecule has 0 aromatic carbocycles. The molecule has 0 aliphatic rings. The predicted octanol–water partition coefficient (Wildman–Crippen LogP) is 0.912. The second-order valence-corrected chi connectivity index (χ2v) is 1.75. The number of rotatable bonds is 4. The van der Waals surface area contributed by atoms with Gasteiger partial charge in [-0.1, -0.05) is 0 Å². The Balaban J connectivity index is 3.68. The molecule has 0 bridgehead atoms. The van der Waals surface area contributed by atoms with Crippen LogP contribution in [0.25, 0.3) is 0 Å². The van der Waals surface area contributed by atoms with Gasteiger partial charge in [0, 0.05) is 0 Å². The van der Waals surface area contributed by atoms with E-state index in [0.29, 0.717) is 0 Å². The molecule has 0 aliphatic heterocycles. The molecule has 0 aliphatic carbocycles. The van der Waals surface area contributed by atoms with E-state index >= 15 is 0 Å². The van der Waals surface area contributed by atoms with Gasteiger partial charge in [-0.05, 0) is 0 Å². The average molecular weight is 180 g/mol. The van der Waals surface area contributed by atoms with Gasteiger partial charge in [-0.25, -0.2) is 9.05 Å². The Hall–Kier alpha value is 0.240. The standard InChI is InChI=1S/CH4F2O4P2/c2-1(3,6-8-4)7-9-5/h8-9H2. The molecule has 2 atom stereocenters. The summed E-state index contributed by atoms with van der Waals surface area (Å²) >= 11 is 0. The molecule has 0 spiro atoms. The molecule has 0 heterocycles. The first kappa shape index (κ1) is 9.24. The van der Waals surface area contributed by atoms with Crippen molar-refractivity contribution in [2.45, 2.75) is 6.29 Å². The Morgan fingerprint density at radius 2 is 1.44 bits per heavy atom. The van der Waals surface area contributed by atoms with Gasteiger partial charge in [0.2, 0.25) is 0 Å². The largest absolute Gasteiger partial charge is 0.496 e. The molecule has 0 saturated heterocycles. The monoisotopic (exact) mass is 180 g/mol. The van der Waals surface area contributed by atoms with Crippen LogP contribution in [0.15, 0.2) is 0 Å². The van der Waals surface area contributed by atoms with Gasteiger partial charge in [-0.2, -0.15) is 0 Å². The highest BCUT2D eigenvalue weighted by Crippen LogP contribution is 2.25. The van der Waals surface area contributed by atoms with E-state index in [0.717, 1.165) is 0 Å². The number of alkyl halides is 2. The van der Waals surface area contributed by atoms with Crippen LogP contribution in [0.1, 0.15) is 0 Å². The minimum atomic E-state index is -3.95. The highest BCUT2D eigenvalue weighted by Gasteiger charge is 2.30. The third kappa shape index (κ3) is 4.73. The molecule has 56 valence electrons. The maximum atomic E-state index is 11.6. The normalized spacial score (nSPS) is 14.4. The Morgan fingerprint density at radius 1 is 1.11 bits per heavy atom. The van der Waals surface area contributed by atoms with Gasteiger partial charge in [-0.15, -0.1) is 8.78 Å². The van der Waals surface area contributed by atoms with Gasteiger partial charge < -0.3 is 0 Å². The van der Waals surface area contributed by atoms with Crippen molar-refractivity contribution in [1.82, 2.24) is 0 Å². The lowest BCUT2D eigenvalue weighted by Gasteiger charge is -2.06. The lowest BCUT2D eigenvalue weighted by molar-refractivity contribution is -0.300. The third-order valence-electron chi connectivity index (χ3n) is 0.371. The van der Waals surface area contributed by atoms with E-state index in [1.54, 1.807) is 0 Å². The number of halogens is 2. The van der Waals surface area contributed by atoms with Crippen LogP contribution in [0.2, 0.25) is 0 Å². The van der Waals surface area contributed by atoms with E-state index in [9.17, 15) is 17.9 Å². The van der Waals surface area contributed by atoms with Crippen LogP contribution in [-0.4, -0.2) is 6.29 Å². The molecular weight excluding hydrogens is 176 g/mol.